The molecule has 0 bridgehead atoms. The Morgan fingerprint density at radius 3 is 2.39 bits per heavy atom. The van der Waals surface area contributed by atoms with E-state index in [4.69, 9.17) is 9.47 Å². The summed E-state index contributed by atoms with van der Waals surface area (Å²) in [5, 5.41) is 2.36. The van der Waals surface area contributed by atoms with Gasteiger partial charge in [0.25, 0.3) is 5.91 Å². The molecule has 0 spiro atoms. The average Bonchev–Trinajstić information content (AvgIpc) is 2.71. The van der Waals surface area contributed by atoms with E-state index in [0.29, 0.717) is 30.3 Å². The van der Waals surface area contributed by atoms with Gasteiger partial charge in [-0.2, -0.15) is 8.78 Å². The molecular formula is C21H26F2N2O3. The third-order valence-electron chi connectivity index (χ3n) is 4.01. The Hall–Kier alpha value is -2.70. The molecule has 5 nitrogen and oxygen atoms in total. The lowest BCUT2D eigenvalue weighted by molar-refractivity contribution is -0.148. The minimum absolute atomic E-state index is 0.504. The van der Waals surface area contributed by atoms with Crippen LogP contribution in [0, 0.1) is 0 Å². The quantitative estimate of drug-likeness (QED) is 0.641. The van der Waals surface area contributed by atoms with E-state index in [9.17, 15) is 13.6 Å². The van der Waals surface area contributed by atoms with Crippen molar-refractivity contribution in [3.63, 3.8) is 0 Å². The van der Waals surface area contributed by atoms with Gasteiger partial charge in [0.1, 0.15) is 5.69 Å². The summed E-state index contributed by atoms with van der Waals surface area (Å²) in [6.07, 6.45) is 2.90. The maximum absolute atomic E-state index is 14.4. The van der Waals surface area contributed by atoms with Gasteiger partial charge in [0.2, 0.25) is 0 Å². The number of hydrogen-bond donors (Lipinski definition) is 1. The average molecular weight is 392 g/mol. The molecule has 1 heterocycles. The minimum Gasteiger partial charge on any atom is -0.490 e. The molecule has 1 N–H and O–H groups in total. The van der Waals surface area contributed by atoms with E-state index in [0.717, 1.165) is 18.9 Å². The standard InChI is InChI=1S/C21H26F2N2O3/c1-4-12-27-17-10-9-16(14-18(17)28-13-5-2)15(3)25-20(26)21(22,23)19-8-6-7-11-24-19/h6-11,14-15H,4-5,12-13H2,1-3H3,(H,25,26). The van der Waals surface area contributed by atoms with Crippen molar-refractivity contribution in [1.29, 1.82) is 0 Å². The number of pyridine rings is 1. The lowest BCUT2D eigenvalue weighted by Gasteiger charge is -2.21. The number of benzene rings is 1. The Balaban J connectivity index is 2.16. The molecule has 2 aromatic rings. The number of aromatic nitrogens is 1. The molecule has 0 aliphatic carbocycles. The van der Waals surface area contributed by atoms with Gasteiger partial charge in [-0.3, -0.25) is 9.78 Å². The number of carbonyl (C=O) groups excluding carboxylic acids is 1. The van der Waals surface area contributed by atoms with Gasteiger partial charge in [-0.1, -0.05) is 26.0 Å². The van der Waals surface area contributed by atoms with Crippen molar-refractivity contribution >= 4 is 5.91 Å². The zero-order valence-electron chi connectivity index (χ0n) is 16.4. The molecule has 0 fully saturated rings. The lowest BCUT2D eigenvalue weighted by Crippen LogP contribution is -2.39. The van der Waals surface area contributed by atoms with Crippen molar-refractivity contribution in [2.24, 2.45) is 0 Å². The zero-order chi connectivity index (χ0) is 20.6. The third kappa shape index (κ3) is 5.41. The van der Waals surface area contributed by atoms with Gasteiger partial charge < -0.3 is 14.8 Å². The van der Waals surface area contributed by atoms with E-state index >= 15 is 0 Å². The molecule has 28 heavy (non-hydrogen) atoms. The SMILES string of the molecule is CCCOc1ccc(C(C)NC(=O)C(F)(F)c2ccccn2)cc1OCCC. The van der Waals surface area contributed by atoms with Crippen LogP contribution in [0.3, 0.4) is 0 Å². The smallest absolute Gasteiger partial charge is 0.366 e. The monoisotopic (exact) mass is 392 g/mol. The molecule has 0 radical (unpaired) electrons. The number of alkyl halides is 2. The summed E-state index contributed by atoms with van der Waals surface area (Å²) >= 11 is 0. The Labute approximate surface area is 164 Å². The molecule has 7 heteroatoms. The first kappa shape index (κ1) is 21.6. The van der Waals surface area contributed by atoms with Crippen LogP contribution < -0.4 is 14.8 Å². The van der Waals surface area contributed by atoms with Crippen LogP contribution in [-0.2, 0) is 10.7 Å². The van der Waals surface area contributed by atoms with Gasteiger partial charge >= 0.3 is 5.92 Å². The number of rotatable bonds is 10. The molecule has 2 rings (SSSR count). The van der Waals surface area contributed by atoms with Crippen molar-refractivity contribution in [3.8, 4) is 11.5 Å². The van der Waals surface area contributed by atoms with Crippen molar-refractivity contribution in [1.82, 2.24) is 10.3 Å². The highest BCUT2D eigenvalue weighted by Gasteiger charge is 2.42. The summed E-state index contributed by atoms with van der Waals surface area (Å²) < 4.78 is 40.1. The second kappa shape index (κ2) is 10.0. The molecule has 1 unspecified atom stereocenters. The van der Waals surface area contributed by atoms with Crippen LogP contribution in [0.4, 0.5) is 8.78 Å². The highest BCUT2D eigenvalue weighted by molar-refractivity contribution is 5.84. The summed E-state index contributed by atoms with van der Waals surface area (Å²) in [4.78, 5) is 15.7. The van der Waals surface area contributed by atoms with Crippen LogP contribution in [0.2, 0.25) is 0 Å². The zero-order valence-corrected chi connectivity index (χ0v) is 16.4. The Morgan fingerprint density at radius 1 is 1.11 bits per heavy atom. The summed E-state index contributed by atoms with van der Waals surface area (Å²) in [7, 11) is 0. The third-order valence-corrected chi connectivity index (χ3v) is 4.01. The summed E-state index contributed by atoms with van der Waals surface area (Å²) in [6, 6.07) is 8.58. The summed E-state index contributed by atoms with van der Waals surface area (Å²) in [5.41, 5.74) is 0.0510. The van der Waals surface area contributed by atoms with Crippen molar-refractivity contribution < 1.29 is 23.0 Å². The van der Waals surface area contributed by atoms with Crippen LogP contribution in [0.1, 0.15) is 50.9 Å². The van der Waals surface area contributed by atoms with E-state index in [1.54, 1.807) is 25.1 Å². The molecule has 152 valence electrons. The van der Waals surface area contributed by atoms with Gasteiger partial charge in [-0.15, -0.1) is 0 Å². The molecular weight excluding hydrogens is 366 g/mol. The first-order valence-corrected chi connectivity index (χ1v) is 9.40. The molecule has 1 amide bonds. The number of hydrogen-bond acceptors (Lipinski definition) is 4. The van der Waals surface area contributed by atoms with Crippen molar-refractivity contribution in [3.05, 3.63) is 53.9 Å². The molecule has 0 saturated heterocycles. The second-order valence-corrected chi connectivity index (χ2v) is 6.39. The number of amides is 1. The Bertz CT molecular complexity index is 770. The van der Waals surface area contributed by atoms with Crippen LogP contribution in [0.25, 0.3) is 0 Å². The highest BCUT2D eigenvalue weighted by atomic mass is 19.3. The molecule has 1 atom stereocenters. The van der Waals surface area contributed by atoms with E-state index in [2.05, 4.69) is 10.3 Å². The van der Waals surface area contributed by atoms with Gasteiger partial charge in [0, 0.05) is 6.20 Å². The van der Waals surface area contributed by atoms with Crippen LogP contribution in [0.5, 0.6) is 11.5 Å². The number of carbonyl (C=O) groups is 1. The first-order valence-electron chi connectivity index (χ1n) is 9.40. The molecule has 1 aromatic heterocycles. The topological polar surface area (TPSA) is 60.5 Å². The van der Waals surface area contributed by atoms with Crippen LogP contribution >= 0.6 is 0 Å². The maximum Gasteiger partial charge on any atom is 0.366 e. The fourth-order valence-electron chi connectivity index (χ4n) is 2.49. The van der Waals surface area contributed by atoms with Gasteiger partial charge in [0.05, 0.1) is 19.3 Å². The minimum atomic E-state index is -3.72. The number of ether oxygens (including phenoxy) is 2. The fraction of sp³-hybridized carbons (Fsp3) is 0.429. The number of halogens is 2. The largest absolute Gasteiger partial charge is 0.490 e. The maximum atomic E-state index is 14.4. The normalized spacial score (nSPS) is 12.3. The molecule has 0 aliphatic heterocycles. The lowest BCUT2D eigenvalue weighted by atomic mass is 10.1. The predicted octanol–water partition coefficient (Wildman–Crippen LogP) is 4.63. The molecule has 1 aromatic carbocycles. The van der Waals surface area contributed by atoms with E-state index in [1.165, 1.54) is 18.3 Å². The second-order valence-electron chi connectivity index (χ2n) is 6.39. The summed E-state index contributed by atoms with van der Waals surface area (Å²) in [5.74, 6) is -4.00. The number of nitrogens with one attached hydrogen (secondary N) is 1. The predicted molar refractivity (Wildman–Crippen MR) is 103 cm³/mol. The van der Waals surface area contributed by atoms with Crippen LogP contribution in [-0.4, -0.2) is 24.1 Å². The highest BCUT2D eigenvalue weighted by Crippen LogP contribution is 2.32. The van der Waals surface area contributed by atoms with Gasteiger partial charge in [-0.05, 0) is 49.6 Å². The van der Waals surface area contributed by atoms with Crippen molar-refractivity contribution in [2.45, 2.75) is 45.6 Å². The fourth-order valence-corrected chi connectivity index (χ4v) is 2.49. The van der Waals surface area contributed by atoms with Gasteiger partial charge in [-0.25, -0.2) is 0 Å². The van der Waals surface area contributed by atoms with E-state index in [-0.39, 0.29) is 0 Å². The number of nitrogens with zero attached hydrogens (tertiary/aromatic N) is 1. The van der Waals surface area contributed by atoms with E-state index in [1.807, 2.05) is 13.8 Å². The van der Waals surface area contributed by atoms with E-state index < -0.39 is 23.6 Å². The Kier molecular flexibility index (Phi) is 7.72. The van der Waals surface area contributed by atoms with Crippen molar-refractivity contribution in [2.75, 3.05) is 13.2 Å². The summed E-state index contributed by atoms with van der Waals surface area (Å²) in [6.45, 7) is 6.67. The Morgan fingerprint density at radius 2 is 1.79 bits per heavy atom. The van der Waals surface area contributed by atoms with Gasteiger partial charge in [0.15, 0.2) is 11.5 Å². The first-order chi connectivity index (χ1) is 13.4. The molecule has 0 aliphatic rings. The van der Waals surface area contributed by atoms with Crippen LogP contribution in [0.15, 0.2) is 42.6 Å². The molecule has 0 saturated carbocycles.